The van der Waals surface area contributed by atoms with Crippen molar-refractivity contribution in [1.82, 2.24) is 9.78 Å². The zero-order chi connectivity index (χ0) is 13.8. The summed E-state index contributed by atoms with van der Waals surface area (Å²) in [5.74, 6) is -0.240. The normalized spacial score (nSPS) is 9.95. The number of aromatic nitrogens is 2. The van der Waals surface area contributed by atoms with E-state index in [1.807, 2.05) is 13.0 Å². The Kier molecular flexibility index (Phi) is 3.97. The Balaban J connectivity index is 2.21. The van der Waals surface area contributed by atoms with Crippen molar-refractivity contribution in [2.75, 3.05) is 5.32 Å². The highest BCUT2D eigenvalue weighted by Gasteiger charge is 2.16. The first kappa shape index (κ1) is 13.3. The molecule has 1 aromatic carbocycles. The summed E-state index contributed by atoms with van der Waals surface area (Å²) in [6.07, 6.45) is 1.59. The number of amides is 1. The summed E-state index contributed by atoms with van der Waals surface area (Å²) in [4.78, 5) is 12.2. The van der Waals surface area contributed by atoms with Crippen LogP contribution in [0.1, 0.15) is 23.0 Å². The van der Waals surface area contributed by atoms with Gasteiger partial charge in [0.15, 0.2) is 0 Å². The van der Waals surface area contributed by atoms with Crippen LogP contribution in [-0.2, 0) is 6.54 Å². The zero-order valence-electron chi connectivity index (χ0n) is 10.2. The maximum absolute atomic E-state index is 12.2. The molecule has 0 fully saturated rings. The maximum Gasteiger partial charge on any atom is 0.275 e. The van der Waals surface area contributed by atoms with Crippen molar-refractivity contribution in [1.29, 1.82) is 5.26 Å². The SMILES string of the molecule is CCn1ncc(Br)c1C(=O)Nc1ccc(C#N)cc1. The molecule has 2 rings (SSSR count). The van der Waals surface area contributed by atoms with Gasteiger partial charge in [-0.1, -0.05) is 0 Å². The molecule has 0 saturated heterocycles. The molecule has 0 radical (unpaired) electrons. The number of nitrogens with zero attached hydrogens (tertiary/aromatic N) is 3. The molecular weight excluding hydrogens is 308 g/mol. The Bertz CT molecular complexity index is 640. The topological polar surface area (TPSA) is 70.7 Å². The van der Waals surface area contributed by atoms with Gasteiger partial charge >= 0.3 is 0 Å². The zero-order valence-corrected chi connectivity index (χ0v) is 11.8. The molecule has 1 N–H and O–H groups in total. The molecule has 96 valence electrons. The number of rotatable bonds is 3. The summed E-state index contributed by atoms with van der Waals surface area (Å²) >= 11 is 3.31. The van der Waals surface area contributed by atoms with E-state index in [0.717, 1.165) is 0 Å². The first-order valence-electron chi connectivity index (χ1n) is 5.68. The minimum Gasteiger partial charge on any atom is -0.321 e. The van der Waals surface area contributed by atoms with E-state index in [2.05, 4.69) is 26.3 Å². The largest absolute Gasteiger partial charge is 0.321 e. The third-order valence-corrected chi connectivity index (χ3v) is 3.16. The monoisotopic (exact) mass is 318 g/mol. The first-order chi connectivity index (χ1) is 9.15. The molecular formula is C13H11BrN4O. The van der Waals surface area contributed by atoms with Gasteiger partial charge in [-0.2, -0.15) is 10.4 Å². The fraction of sp³-hybridized carbons (Fsp3) is 0.154. The van der Waals surface area contributed by atoms with Crippen LogP contribution < -0.4 is 5.32 Å². The molecule has 0 bridgehead atoms. The lowest BCUT2D eigenvalue weighted by Gasteiger charge is -2.07. The number of carbonyl (C=O) groups is 1. The molecule has 0 saturated carbocycles. The Hall–Kier alpha value is -2.13. The summed E-state index contributed by atoms with van der Waals surface area (Å²) in [5.41, 5.74) is 1.67. The van der Waals surface area contributed by atoms with Crippen LogP contribution in [0.4, 0.5) is 5.69 Å². The third-order valence-electron chi connectivity index (χ3n) is 2.58. The van der Waals surface area contributed by atoms with Crippen molar-refractivity contribution in [3.05, 3.63) is 46.2 Å². The molecule has 1 heterocycles. The fourth-order valence-corrected chi connectivity index (χ4v) is 2.12. The Morgan fingerprint density at radius 2 is 2.16 bits per heavy atom. The smallest absolute Gasteiger partial charge is 0.275 e. The summed E-state index contributed by atoms with van der Waals surface area (Å²) < 4.78 is 2.27. The van der Waals surface area contributed by atoms with Crippen LogP contribution in [0.15, 0.2) is 34.9 Å². The second-order valence-corrected chi connectivity index (χ2v) is 4.65. The van der Waals surface area contributed by atoms with Gasteiger partial charge in [-0.15, -0.1) is 0 Å². The number of hydrogen-bond donors (Lipinski definition) is 1. The lowest BCUT2D eigenvalue weighted by atomic mass is 10.2. The number of aryl methyl sites for hydroxylation is 1. The van der Waals surface area contributed by atoms with Gasteiger partial charge in [0.25, 0.3) is 5.91 Å². The molecule has 1 amide bonds. The van der Waals surface area contributed by atoms with Crippen LogP contribution in [0.3, 0.4) is 0 Å². The van der Waals surface area contributed by atoms with E-state index in [4.69, 9.17) is 5.26 Å². The van der Waals surface area contributed by atoms with Crippen LogP contribution in [0.25, 0.3) is 0 Å². The minimum atomic E-state index is -0.240. The summed E-state index contributed by atoms with van der Waals surface area (Å²) in [5, 5.41) is 15.6. The maximum atomic E-state index is 12.2. The minimum absolute atomic E-state index is 0.240. The number of nitrogens with one attached hydrogen (secondary N) is 1. The number of benzene rings is 1. The van der Waals surface area contributed by atoms with Gasteiger partial charge in [0, 0.05) is 12.2 Å². The van der Waals surface area contributed by atoms with Crippen LogP contribution in [0.2, 0.25) is 0 Å². The van der Waals surface area contributed by atoms with E-state index in [0.29, 0.717) is 28.0 Å². The molecule has 0 aliphatic rings. The lowest BCUT2D eigenvalue weighted by molar-refractivity contribution is 0.101. The average Bonchev–Trinajstić information content (AvgIpc) is 2.80. The predicted octanol–water partition coefficient (Wildman–Crippen LogP) is 2.79. The predicted molar refractivity (Wildman–Crippen MR) is 74.7 cm³/mol. The van der Waals surface area contributed by atoms with Crippen LogP contribution in [-0.4, -0.2) is 15.7 Å². The van der Waals surface area contributed by atoms with Crippen molar-refractivity contribution in [3.63, 3.8) is 0 Å². The molecule has 0 aliphatic carbocycles. The molecule has 0 atom stereocenters. The van der Waals surface area contributed by atoms with E-state index >= 15 is 0 Å². The van der Waals surface area contributed by atoms with Gasteiger partial charge in [0.1, 0.15) is 5.69 Å². The number of halogens is 1. The second-order valence-electron chi connectivity index (χ2n) is 3.80. The van der Waals surface area contributed by atoms with Gasteiger partial charge in [-0.3, -0.25) is 9.48 Å². The molecule has 0 spiro atoms. The first-order valence-corrected chi connectivity index (χ1v) is 6.47. The quantitative estimate of drug-likeness (QED) is 0.945. The van der Waals surface area contributed by atoms with E-state index in [1.165, 1.54) is 0 Å². The molecule has 5 nitrogen and oxygen atoms in total. The second kappa shape index (κ2) is 5.67. The van der Waals surface area contributed by atoms with E-state index in [-0.39, 0.29) is 5.91 Å². The molecule has 6 heteroatoms. The van der Waals surface area contributed by atoms with Gasteiger partial charge in [0.05, 0.1) is 22.3 Å². The van der Waals surface area contributed by atoms with Crippen molar-refractivity contribution in [2.45, 2.75) is 13.5 Å². The lowest BCUT2D eigenvalue weighted by Crippen LogP contribution is -2.17. The summed E-state index contributed by atoms with van der Waals surface area (Å²) in [6.45, 7) is 2.53. The number of anilines is 1. The van der Waals surface area contributed by atoms with Crippen LogP contribution in [0.5, 0.6) is 0 Å². The third kappa shape index (κ3) is 2.83. The number of carbonyl (C=O) groups excluding carboxylic acids is 1. The number of hydrogen-bond acceptors (Lipinski definition) is 3. The average molecular weight is 319 g/mol. The fourth-order valence-electron chi connectivity index (χ4n) is 1.65. The summed E-state index contributed by atoms with van der Waals surface area (Å²) in [6, 6.07) is 8.72. The van der Waals surface area contributed by atoms with Crippen LogP contribution in [0, 0.1) is 11.3 Å². The highest BCUT2D eigenvalue weighted by molar-refractivity contribution is 9.10. The molecule has 2 aromatic rings. The van der Waals surface area contributed by atoms with Crippen molar-refractivity contribution < 1.29 is 4.79 Å². The number of nitriles is 1. The van der Waals surface area contributed by atoms with E-state index in [1.54, 1.807) is 35.1 Å². The van der Waals surface area contributed by atoms with Gasteiger partial charge in [-0.25, -0.2) is 0 Å². The molecule has 0 aliphatic heterocycles. The molecule has 1 aromatic heterocycles. The van der Waals surface area contributed by atoms with Crippen molar-refractivity contribution in [2.24, 2.45) is 0 Å². The highest BCUT2D eigenvalue weighted by atomic mass is 79.9. The van der Waals surface area contributed by atoms with Gasteiger partial charge in [-0.05, 0) is 47.1 Å². The Morgan fingerprint density at radius 3 is 2.74 bits per heavy atom. The Labute approximate surface area is 119 Å². The van der Waals surface area contributed by atoms with E-state index < -0.39 is 0 Å². The molecule has 19 heavy (non-hydrogen) atoms. The van der Waals surface area contributed by atoms with Crippen molar-refractivity contribution >= 4 is 27.5 Å². The highest BCUT2D eigenvalue weighted by Crippen LogP contribution is 2.18. The Morgan fingerprint density at radius 1 is 1.47 bits per heavy atom. The van der Waals surface area contributed by atoms with Crippen molar-refractivity contribution in [3.8, 4) is 6.07 Å². The standard InChI is InChI=1S/C13H11BrN4O/c1-2-18-12(11(14)8-16-18)13(19)17-10-5-3-9(7-15)4-6-10/h3-6,8H,2H2,1H3,(H,17,19). The summed E-state index contributed by atoms with van der Waals surface area (Å²) in [7, 11) is 0. The molecule has 0 unspecified atom stereocenters. The van der Waals surface area contributed by atoms with Gasteiger partial charge < -0.3 is 5.32 Å². The van der Waals surface area contributed by atoms with E-state index in [9.17, 15) is 4.79 Å². The van der Waals surface area contributed by atoms with Crippen LogP contribution >= 0.6 is 15.9 Å². The van der Waals surface area contributed by atoms with Gasteiger partial charge in [0.2, 0.25) is 0 Å².